The van der Waals surface area contributed by atoms with E-state index in [0.29, 0.717) is 12.1 Å². The number of ether oxygens (including phenoxy) is 1. The Labute approximate surface area is 186 Å². The minimum Gasteiger partial charge on any atom is -0.455 e. The second-order valence-electron chi connectivity index (χ2n) is 8.52. The molecule has 1 aliphatic rings. The van der Waals surface area contributed by atoms with Crippen molar-refractivity contribution in [3.63, 3.8) is 0 Å². The van der Waals surface area contributed by atoms with Crippen LogP contribution >= 0.6 is 11.3 Å². The fraction of sp³-hybridized carbons (Fsp3) is 0.400. The first-order valence-corrected chi connectivity index (χ1v) is 11.7. The van der Waals surface area contributed by atoms with Crippen molar-refractivity contribution in [2.24, 2.45) is 5.41 Å². The monoisotopic (exact) mass is 436 g/mol. The van der Waals surface area contributed by atoms with E-state index >= 15 is 0 Å². The van der Waals surface area contributed by atoms with Crippen LogP contribution in [0.1, 0.15) is 48.2 Å². The normalized spacial score (nSPS) is 15.5. The molecule has 162 valence electrons. The first-order chi connectivity index (χ1) is 14.9. The van der Waals surface area contributed by atoms with Crippen LogP contribution in [-0.4, -0.2) is 23.5 Å². The van der Waals surface area contributed by atoms with E-state index in [4.69, 9.17) is 9.72 Å². The lowest BCUT2D eigenvalue weighted by atomic mass is 9.72. The van der Waals surface area contributed by atoms with Gasteiger partial charge in [-0.1, -0.05) is 37.5 Å². The summed E-state index contributed by atoms with van der Waals surface area (Å²) in [6.45, 7) is 3.75. The van der Waals surface area contributed by atoms with Crippen molar-refractivity contribution in [1.82, 2.24) is 4.98 Å². The molecular weight excluding hydrogens is 408 g/mol. The highest BCUT2D eigenvalue weighted by Crippen LogP contribution is 2.41. The first kappa shape index (κ1) is 21.5. The molecule has 0 bridgehead atoms. The van der Waals surface area contributed by atoms with E-state index in [-0.39, 0.29) is 18.5 Å². The predicted molar refractivity (Wildman–Crippen MR) is 124 cm³/mol. The van der Waals surface area contributed by atoms with Crippen molar-refractivity contribution in [1.29, 1.82) is 0 Å². The van der Waals surface area contributed by atoms with Gasteiger partial charge in [-0.3, -0.25) is 9.59 Å². The van der Waals surface area contributed by atoms with Crippen molar-refractivity contribution in [3.05, 3.63) is 58.6 Å². The van der Waals surface area contributed by atoms with Crippen LogP contribution in [0, 0.1) is 19.3 Å². The van der Waals surface area contributed by atoms with Gasteiger partial charge in [-0.25, -0.2) is 4.98 Å². The summed E-state index contributed by atoms with van der Waals surface area (Å²) in [6, 6.07) is 13.8. The molecule has 6 heteroatoms. The third-order valence-corrected chi connectivity index (χ3v) is 7.23. The van der Waals surface area contributed by atoms with Gasteiger partial charge in [0.05, 0.1) is 20.6 Å². The van der Waals surface area contributed by atoms with Crippen LogP contribution in [0.3, 0.4) is 0 Å². The van der Waals surface area contributed by atoms with Crippen LogP contribution < -0.4 is 5.32 Å². The van der Waals surface area contributed by atoms with E-state index < -0.39 is 5.41 Å². The SMILES string of the molecule is Cc1ccc(NC(=O)COC(=O)C2(Cc3nc4ccccc4s3)CCCCC2)cc1C. The molecule has 0 aliphatic heterocycles. The Morgan fingerprint density at radius 2 is 1.84 bits per heavy atom. The largest absolute Gasteiger partial charge is 0.455 e. The molecule has 1 fully saturated rings. The van der Waals surface area contributed by atoms with Gasteiger partial charge in [-0.15, -0.1) is 11.3 Å². The van der Waals surface area contributed by atoms with Gasteiger partial charge in [-0.2, -0.15) is 0 Å². The molecule has 1 heterocycles. The molecule has 4 rings (SSSR count). The van der Waals surface area contributed by atoms with Crippen LogP contribution in [0.4, 0.5) is 5.69 Å². The van der Waals surface area contributed by atoms with Crippen LogP contribution in [0.2, 0.25) is 0 Å². The quantitative estimate of drug-likeness (QED) is 0.512. The summed E-state index contributed by atoms with van der Waals surface area (Å²) in [5.41, 5.74) is 3.36. The molecule has 0 saturated heterocycles. The number of anilines is 1. The number of aromatic nitrogens is 1. The molecular formula is C25H28N2O3S. The van der Waals surface area contributed by atoms with Crippen LogP contribution in [0.25, 0.3) is 10.2 Å². The molecule has 0 unspecified atom stereocenters. The minimum atomic E-state index is -0.590. The average molecular weight is 437 g/mol. The molecule has 1 amide bonds. The lowest BCUT2D eigenvalue weighted by Gasteiger charge is -2.34. The summed E-state index contributed by atoms with van der Waals surface area (Å²) < 4.78 is 6.67. The van der Waals surface area contributed by atoms with E-state index in [1.165, 1.54) is 5.56 Å². The lowest BCUT2D eigenvalue weighted by Crippen LogP contribution is -2.38. The molecule has 1 saturated carbocycles. The zero-order chi connectivity index (χ0) is 21.8. The second kappa shape index (κ2) is 9.18. The topological polar surface area (TPSA) is 68.3 Å². The maximum atomic E-state index is 13.2. The number of esters is 1. The smallest absolute Gasteiger partial charge is 0.313 e. The van der Waals surface area contributed by atoms with Crippen molar-refractivity contribution in [2.45, 2.75) is 52.4 Å². The number of benzene rings is 2. The summed E-state index contributed by atoms with van der Waals surface area (Å²) in [5.74, 6) is -0.593. The van der Waals surface area contributed by atoms with Gasteiger partial charge in [0.25, 0.3) is 5.91 Å². The number of fused-ring (bicyclic) bond motifs is 1. The van der Waals surface area contributed by atoms with E-state index in [0.717, 1.165) is 52.9 Å². The molecule has 1 aromatic heterocycles. The Balaban J connectivity index is 1.42. The zero-order valence-electron chi connectivity index (χ0n) is 18.1. The molecule has 1 aliphatic carbocycles. The van der Waals surface area contributed by atoms with E-state index in [1.54, 1.807) is 11.3 Å². The van der Waals surface area contributed by atoms with Gasteiger partial charge in [-0.05, 0) is 62.1 Å². The fourth-order valence-electron chi connectivity index (χ4n) is 4.27. The molecule has 0 atom stereocenters. The van der Waals surface area contributed by atoms with Gasteiger partial charge in [0.2, 0.25) is 0 Å². The number of nitrogens with zero attached hydrogens (tertiary/aromatic N) is 1. The molecule has 2 aromatic carbocycles. The maximum absolute atomic E-state index is 13.2. The highest BCUT2D eigenvalue weighted by atomic mass is 32.1. The fourth-order valence-corrected chi connectivity index (χ4v) is 5.38. The lowest BCUT2D eigenvalue weighted by molar-refractivity contribution is -0.160. The van der Waals surface area contributed by atoms with Crippen molar-refractivity contribution >= 4 is 39.1 Å². The Kier molecular flexibility index (Phi) is 6.37. The van der Waals surface area contributed by atoms with Gasteiger partial charge >= 0.3 is 5.97 Å². The Morgan fingerprint density at radius 1 is 1.06 bits per heavy atom. The Bertz CT molecular complexity index is 1070. The number of carbonyl (C=O) groups excluding carboxylic acids is 2. The third kappa shape index (κ3) is 4.96. The Morgan fingerprint density at radius 3 is 2.58 bits per heavy atom. The van der Waals surface area contributed by atoms with Gasteiger partial charge in [0, 0.05) is 12.1 Å². The number of amides is 1. The summed E-state index contributed by atoms with van der Waals surface area (Å²) in [5, 5.41) is 3.78. The van der Waals surface area contributed by atoms with Crippen molar-refractivity contribution in [2.75, 3.05) is 11.9 Å². The standard InChI is InChI=1S/C25H28N2O3S/c1-17-10-11-19(14-18(17)2)26-22(28)16-30-24(29)25(12-6-3-7-13-25)15-23-27-20-8-4-5-9-21(20)31-23/h4-5,8-11,14H,3,6-7,12-13,15-16H2,1-2H3,(H,26,28). The summed E-state index contributed by atoms with van der Waals surface area (Å²) in [4.78, 5) is 30.3. The van der Waals surface area contributed by atoms with E-state index in [9.17, 15) is 9.59 Å². The van der Waals surface area contributed by atoms with Crippen molar-refractivity contribution in [3.8, 4) is 0 Å². The highest BCUT2D eigenvalue weighted by molar-refractivity contribution is 7.18. The van der Waals surface area contributed by atoms with Gasteiger partial charge in [0.1, 0.15) is 0 Å². The van der Waals surface area contributed by atoms with Crippen molar-refractivity contribution < 1.29 is 14.3 Å². The second-order valence-corrected chi connectivity index (χ2v) is 9.63. The summed E-state index contributed by atoms with van der Waals surface area (Å²) >= 11 is 1.64. The summed E-state index contributed by atoms with van der Waals surface area (Å²) in [7, 11) is 0. The van der Waals surface area contributed by atoms with Crippen LogP contribution in [0.5, 0.6) is 0 Å². The zero-order valence-corrected chi connectivity index (χ0v) is 18.9. The molecule has 5 nitrogen and oxygen atoms in total. The molecule has 0 radical (unpaired) electrons. The number of para-hydroxylation sites is 1. The van der Waals surface area contributed by atoms with Crippen LogP contribution in [0.15, 0.2) is 42.5 Å². The Hall–Kier alpha value is -2.73. The minimum absolute atomic E-state index is 0.270. The van der Waals surface area contributed by atoms with Gasteiger partial charge < -0.3 is 10.1 Å². The molecule has 0 spiro atoms. The number of hydrogen-bond acceptors (Lipinski definition) is 5. The predicted octanol–water partition coefficient (Wildman–Crippen LogP) is 5.59. The number of carbonyl (C=O) groups is 2. The highest BCUT2D eigenvalue weighted by Gasteiger charge is 2.42. The number of thiazole rings is 1. The molecule has 1 N–H and O–H groups in total. The number of rotatable bonds is 6. The maximum Gasteiger partial charge on any atom is 0.313 e. The van der Waals surface area contributed by atoms with E-state index in [2.05, 4.69) is 11.4 Å². The first-order valence-electron chi connectivity index (χ1n) is 10.8. The molecule has 3 aromatic rings. The summed E-state index contributed by atoms with van der Waals surface area (Å²) in [6.07, 6.45) is 5.25. The van der Waals surface area contributed by atoms with Crippen LogP contribution in [-0.2, 0) is 20.7 Å². The number of nitrogens with one attached hydrogen (secondary N) is 1. The number of aryl methyl sites for hydroxylation is 2. The molecule has 31 heavy (non-hydrogen) atoms. The van der Waals surface area contributed by atoms with Gasteiger partial charge in [0.15, 0.2) is 6.61 Å². The third-order valence-electron chi connectivity index (χ3n) is 6.20. The average Bonchev–Trinajstić information content (AvgIpc) is 3.17. The number of hydrogen-bond donors (Lipinski definition) is 1. The van der Waals surface area contributed by atoms with E-state index in [1.807, 2.05) is 50.2 Å².